The Labute approximate surface area is 259 Å². The molecule has 2 aliphatic carbocycles. The van der Waals surface area contributed by atoms with Gasteiger partial charge in [0.25, 0.3) is 5.91 Å². The number of ether oxygens (including phenoxy) is 1. The van der Waals surface area contributed by atoms with Gasteiger partial charge in [-0.1, -0.05) is 68.3 Å². The van der Waals surface area contributed by atoms with Gasteiger partial charge in [0.2, 0.25) is 0 Å². The summed E-state index contributed by atoms with van der Waals surface area (Å²) in [5, 5.41) is 1.65. The molecule has 3 fully saturated rings. The Hall–Kier alpha value is -2.96. The highest BCUT2D eigenvalue weighted by atomic mass is 35.5. The van der Waals surface area contributed by atoms with Gasteiger partial charge >= 0.3 is 0 Å². The van der Waals surface area contributed by atoms with E-state index in [0.717, 1.165) is 69.7 Å². The number of hydrogen-bond acceptors (Lipinski definition) is 4. The third-order valence-electron chi connectivity index (χ3n) is 8.85. The van der Waals surface area contributed by atoms with E-state index in [1.807, 2.05) is 36.4 Å². The molecule has 2 aromatic carbocycles. The largest absolute Gasteiger partial charge is 0.489 e. The van der Waals surface area contributed by atoms with E-state index < -0.39 is 0 Å². The summed E-state index contributed by atoms with van der Waals surface area (Å²) in [7, 11) is 0. The number of amidine groups is 1. The fourth-order valence-corrected chi connectivity index (χ4v) is 7.83. The van der Waals surface area contributed by atoms with Crippen LogP contribution >= 0.6 is 23.4 Å². The van der Waals surface area contributed by atoms with Gasteiger partial charge in [0, 0.05) is 33.7 Å². The quantitative estimate of drug-likeness (QED) is 0.254. The lowest BCUT2D eigenvalue weighted by atomic mass is 9.94. The van der Waals surface area contributed by atoms with Crippen LogP contribution in [0.25, 0.3) is 11.8 Å². The SMILES string of the molecule is Cc1cc(C=C2SC(=NC3CCCCC3)N(C3CCCCC3)C2=O)c(C)n1-c1ccc(OCc2ccccc2Cl)cc1. The summed E-state index contributed by atoms with van der Waals surface area (Å²) in [6.07, 6.45) is 14.0. The molecular formula is C35H40ClN3O2S. The van der Waals surface area contributed by atoms with Crippen molar-refractivity contribution >= 4 is 40.5 Å². The number of carbonyl (C=O) groups is 1. The van der Waals surface area contributed by atoms with Gasteiger partial charge in [0.15, 0.2) is 5.17 Å². The van der Waals surface area contributed by atoms with Crippen LogP contribution in [-0.4, -0.2) is 32.6 Å². The highest BCUT2D eigenvalue weighted by molar-refractivity contribution is 8.18. The predicted molar refractivity (Wildman–Crippen MR) is 175 cm³/mol. The molecule has 7 heteroatoms. The normalized spacial score (nSPS) is 20.6. The minimum Gasteiger partial charge on any atom is -0.489 e. The second-order valence-electron chi connectivity index (χ2n) is 11.8. The Morgan fingerprint density at radius 1 is 0.952 bits per heavy atom. The van der Waals surface area contributed by atoms with E-state index in [0.29, 0.717) is 17.7 Å². The third kappa shape index (κ3) is 6.35. The van der Waals surface area contributed by atoms with Crippen molar-refractivity contribution in [1.82, 2.24) is 9.47 Å². The average Bonchev–Trinajstić information content (AvgIpc) is 3.47. The van der Waals surface area contributed by atoms with E-state index in [9.17, 15) is 4.79 Å². The summed E-state index contributed by atoms with van der Waals surface area (Å²) in [5.74, 6) is 0.926. The number of halogens is 1. The standard InChI is InChI=1S/C35H40ClN3O2S/c1-24-21-27(25(2)38(24)30-17-19-31(20-18-30)41-23-26-11-9-10-16-32(26)36)22-33-34(40)39(29-14-7-4-8-15-29)35(42-33)37-28-12-5-3-6-13-28/h9-11,16-22,28-29H,3-8,12-15,23H2,1-2H3. The van der Waals surface area contributed by atoms with Crippen molar-refractivity contribution in [1.29, 1.82) is 0 Å². The number of aromatic nitrogens is 1. The molecule has 1 saturated heterocycles. The molecule has 42 heavy (non-hydrogen) atoms. The van der Waals surface area contributed by atoms with E-state index in [1.165, 1.54) is 38.5 Å². The van der Waals surface area contributed by atoms with E-state index in [4.69, 9.17) is 21.3 Å². The fraction of sp³-hybridized carbons (Fsp3) is 0.429. The summed E-state index contributed by atoms with van der Waals surface area (Å²) < 4.78 is 8.24. The molecule has 6 rings (SSSR count). The monoisotopic (exact) mass is 601 g/mol. The molecule has 0 N–H and O–H groups in total. The van der Waals surface area contributed by atoms with Gasteiger partial charge in [0.1, 0.15) is 12.4 Å². The van der Waals surface area contributed by atoms with Gasteiger partial charge in [-0.05, 0) is 99.3 Å². The Kier molecular flexibility index (Phi) is 9.11. The fourth-order valence-electron chi connectivity index (χ4n) is 6.54. The van der Waals surface area contributed by atoms with Crippen LogP contribution in [0.5, 0.6) is 5.75 Å². The molecule has 1 aliphatic heterocycles. The third-order valence-corrected chi connectivity index (χ3v) is 10.2. The van der Waals surface area contributed by atoms with Crippen molar-refractivity contribution in [3.05, 3.63) is 87.0 Å². The first kappa shape index (κ1) is 29.1. The molecule has 3 aliphatic rings. The number of amides is 1. The lowest BCUT2D eigenvalue weighted by Crippen LogP contribution is -2.41. The van der Waals surface area contributed by atoms with Gasteiger partial charge in [-0.25, -0.2) is 0 Å². The molecule has 0 bridgehead atoms. The van der Waals surface area contributed by atoms with Crippen molar-refractivity contribution in [2.75, 3.05) is 0 Å². The Bertz CT molecular complexity index is 1480. The molecule has 220 valence electrons. The molecule has 0 spiro atoms. The molecule has 1 amide bonds. The van der Waals surface area contributed by atoms with Crippen LogP contribution < -0.4 is 4.74 Å². The molecule has 2 saturated carbocycles. The van der Waals surface area contributed by atoms with Crippen LogP contribution in [0.4, 0.5) is 0 Å². The van der Waals surface area contributed by atoms with Gasteiger partial charge in [-0.2, -0.15) is 0 Å². The summed E-state index contributed by atoms with van der Waals surface area (Å²) >= 11 is 7.87. The molecule has 2 heterocycles. The lowest BCUT2D eigenvalue weighted by molar-refractivity contribution is -0.124. The van der Waals surface area contributed by atoms with Crippen LogP contribution in [0.3, 0.4) is 0 Å². The van der Waals surface area contributed by atoms with Crippen molar-refractivity contribution < 1.29 is 9.53 Å². The predicted octanol–water partition coefficient (Wildman–Crippen LogP) is 9.26. The summed E-state index contributed by atoms with van der Waals surface area (Å²) in [6, 6.07) is 18.7. The molecule has 0 unspecified atom stereocenters. The van der Waals surface area contributed by atoms with Crippen molar-refractivity contribution in [3.63, 3.8) is 0 Å². The second kappa shape index (κ2) is 13.1. The number of rotatable bonds is 7. The van der Waals surface area contributed by atoms with Gasteiger partial charge in [0.05, 0.1) is 10.9 Å². The maximum absolute atomic E-state index is 13.9. The van der Waals surface area contributed by atoms with Gasteiger partial charge in [-0.3, -0.25) is 14.7 Å². The maximum atomic E-state index is 13.9. The van der Waals surface area contributed by atoms with Crippen LogP contribution in [0.1, 0.15) is 86.7 Å². The topological polar surface area (TPSA) is 46.8 Å². The highest BCUT2D eigenvalue weighted by Crippen LogP contribution is 2.39. The smallest absolute Gasteiger partial charge is 0.267 e. The first-order chi connectivity index (χ1) is 20.5. The van der Waals surface area contributed by atoms with Crippen LogP contribution in [0.2, 0.25) is 5.02 Å². The van der Waals surface area contributed by atoms with E-state index in [2.05, 4.69) is 47.6 Å². The molecular weight excluding hydrogens is 562 g/mol. The molecule has 3 aromatic rings. The molecule has 0 atom stereocenters. The zero-order valence-electron chi connectivity index (χ0n) is 24.7. The number of nitrogens with zero attached hydrogens (tertiary/aromatic N) is 3. The summed E-state index contributed by atoms with van der Waals surface area (Å²) in [5.41, 5.74) is 5.34. The first-order valence-corrected chi connectivity index (χ1v) is 16.6. The number of hydrogen-bond donors (Lipinski definition) is 0. The van der Waals surface area contributed by atoms with Crippen LogP contribution in [-0.2, 0) is 11.4 Å². The van der Waals surface area contributed by atoms with E-state index >= 15 is 0 Å². The number of benzene rings is 2. The molecule has 1 aromatic heterocycles. The second-order valence-corrected chi connectivity index (χ2v) is 13.2. The molecule has 5 nitrogen and oxygen atoms in total. The van der Waals surface area contributed by atoms with E-state index in [1.54, 1.807) is 11.8 Å². The minimum atomic E-state index is 0.131. The Morgan fingerprint density at radius 3 is 2.36 bits per heavy atom. The zero-order chi connectivity index (χ0) is 29.1. The lowest BCUT2D eigenvalue weighted by Gasteiger charge is -2.31. The Balaban J connectivity index is 1.23. The first-order valence-electron chi connectivity index (χ1n) is 15.4. The highest BCUT2D eigenvalue weighted by Gasteiger charge is 2.39. The number of aryl methyl sites for hydroxylation is 1. The minimum absolute atomic E-state index is 0.131. The van der Waals surface area contributed by atoms with Crippen LogP contribution in [0, 0.1) is 13.8 Å². The maximum Gasteiger partial charge on any atom is 0.267 e. The summed E-state index contributed by atoms with van der Waals surface area (Å²) in [6.45, 7) is 4.67. The number of carbonyl (C=O) groups excluding carboxylic acids is 1. The van der Waals surface area contributed by atoms with Crippen molar-refractivity contribution in [2.45, 2.75) is 96.7 Å². The summed E-state index contributed by atoms with van der Waals surface area (Å²) in [4.78, 5) is 21.9. The van der Waals surface area contributed by atoms with Gasteiger partial charge < -0.3 is 9.30 Å². The van der Waals surface area contributed by atoms with Crippen LogP contribution in [0.15, 0.2) is 64.5 Å². The van der Waals surface area contributed by atoms with Crippen molar-refractivity contribution in [3.8, 4) is 11.4 Å². The Morgan fingerprint density at radius 2 is 1.64 bits per heavy atom. The number of thioether (sulfide) groups is 1. The average molecular weight is 602 g/mol. The van der Waals surface area contributed by atoms with Crippen molar-refractivity contribution in [2.24, 2.45) is 4.99 Å². The van der Waals surface area contributed by atoms with Gasteiger partial charge in [-0.15, -0.1) is 0 Å². The zero-order valence-corrected chi connectivity index (χ0v) is 26.2. The number of aliphatic imine (C=N–C) groups is 1. The molecule has 0 radical (unpaired) electrons. The van der Waals surface area contributed by atoms with E-state index in [-0.39, 0.29) is 11.9 Å².